The van der Waals surface area contributed by atoms with E-state index in [0.717, 1.165) is 0 Å². The molecule has 1 atom stereocenters. The van der Waals surface area contributed by atoms with Crippen LogP contribution in [0.4, 0.5) is 5.69 Å². The van der Waals surface area contributed by atoms with Gasteiger partial charge >= 0.3 is 0 Å². The van der Waals surface area contributed by atoms with Crippen LogP contribution < -0.4 is 16.8 Å². The smallest absolute Gasteiger partial charge is 0.250 e. The van der Waals surface area contributed by atoms with Crippen LogP contribution in [0.1, 0.15) is 16.8 Å². The van der Waals surface area contributed by atoms with E-state index < -0.39 is 11.4 Å². The molecule has 2 rings (SSSR count). The molecule has 1 saturated heterocycles. The summed E-state index contributed by atoms with van der Waals surface area (Å²) in [4.78, 5) is 23.2. The zero-order valence-corrected chi connectivity index (χ0v) is 10.9. The Morgan fingerprint density at radius 3 is 2.74 bits per heavy atom. The van der Waals surface area contributed by atoms with E-state index in [2.05, 4.69) is 5.32 Å². The first-order valence-electron chi connectivity index (χ1n) is 5.70. The van der Waals surface area contributed by atoms with Gasteiger partial charge in [0.15, 0.2) is 0 Å². The van der Waals surface area contributed by atoms with Gasteiger partial charge in [-0.15, -0.1) is 0 Å². The van der Waals surface area contributed by atoms with Crippen LogP contribution in [0.2, 0.25) is 5.02 Å². The predicted molar refractivity (Wildman–Crippen MR) is 71.0 cm³/mol. The fourth-order valence-electron chi connectivity index (χ4n) is 1.81. The van der Waals surface area contributed by atoms with Crippen LogP contribution >= 0.6 is 11.6 Å². The monoisotopic (exact) mass is 283 g/mol. The summed E-state index contributed by atoms with van der Waals surface area (Å²) in [7, 11) is 0. The molecule has 102 valence electrons. The molecule has 1 aliphatic rings. The predicted octanol–water partition coefficient (Wildman–Crippen LogP) is 0.495. The summed E-state index contributed by atoms with van der Waals surface area (Å²) in [6, 6.07) is 4.49. The standard InChI is InChI=1S/C12H14ClN3O3/c13-9-2-1-7(5-8(9)10(14)17)16-11(18)12(15)3-4-19-6-12/h1-2,5H,3-4,6,15H2,(H2,14,17)(H,16,18). The van der Waals surface area contributed by atoms with Gasteiger partial charge in [0.05, 0.1) is 17.2 Å². The van der Waals surface area contributed by atoms with E-state index in [1.807, 2.05) is 0 Å². The molecule has 6 nitrogen and oxygen atoms in total. The lowest BCUT2D eigenvalue weighted by molar-refractivity contribution is -0.121. The van der Waals surface area contributed by atoms with Crippen molar-refractivity contribution < 1.29 is 14.3 Å². The number of amides is 2. The Kier molecular flexibility index (Phi) is 3.75. The zero-order valence-electron chi connectivity index (χ0n) is 10.1. The van der Waals surface area contributed by atoms with Crippen molar-refractivity contribution in [2.75, 3.05) is 18.5 Å². The number of anilines is 1. The molecular formula is C12H14ClN3O3. The number of carbonyl (C=O) groups is 2. The lowest BCUT2D eigenvalue weighted by atomic mass is 9.99. The first kappa shape index (κ1) is 13.8. The number of rotatable bonds is 3. The molecule has 0 aromatic heterocycles. The lowest BCUT2D eigenvalue weighted by Gasteiger charge is -2.20. The average Bonchev–Trinajstić information content (AvgIpc) is 2.79. The molecule has 1 unspecified atom stereocenters. The van der Waals surface area contributed by atoms with Crippen LogP contribution in [-0.2, 0) is 9.53 Å². The Morgan fingerprint density at radius 1 is 1.42 bits per heavy atom. The summed E-state index contributed by atoms with van der Waals surface area (Å²) in [5.41, 5.74) is 10.6. The Morgan fingerprint density at radius 2 is 2.16 bits per heavy atom. The Bertz CT molecular complexity index is 527. The van der Waals surface area contributed by atoms with Crippen LogP contribution in [0.15, 0.2) is 18.2 Å². The maximum Gasteiger partial charge on any atom is 0.250 e. The molecule has 0 spiro atoms. The van der Waals surface area contributed by atoms with Crippen molar-refractivity contribution in [1.29, 1.82) is 0 Å². The number of hydrogen-bond acceptors (Lipinski definition) is 4. The molecule has 2 amide bonds. The Balaban J connectivity index is 2.17. The number of hydrogen-bond donors (Lipinski definition) is 3. The highest BCUT2D eigenvalue weighted by Crippen LogP contribution is 2.22. The van der Waals surface area contributed by atoms with Crippen LogP contribution in [-0.4, -0.2) is 30.6 Å². The van der Waals surface area contributed by atoms with Crippen molar-refractivity contribution >= 4 is 29.1 Å². The number of benzene rings is 1. The second-order valence-corrected chi connectivity index (χ2v) is 4.88. The number of ether oxygens (including phenoxy) is 1. The molecule has 1 aromatic carbocycles. The van der Waals surface area contributed by atoms with E-state index >= 15 is 0 Å². The maximum atomic E-state index is 12.0. The van der Waals surface area contributed by atoms with Gasteiger partial charge in [0.25, 0.3) is 0 Å². The van der Waals surface area contributed by atoms with Crippen LogP contribution in [0.3, 0.4) is 0 Å². The van der Waals surface area contributed by atoms with E-state index in [1.165, 1.54) is 12.1 Å². The molecule has 1 heterocycles. The molecular weight excluding hydrogens is 270 g/mol. The van der Waals surface area contributed by atoms with Crippen molar-refractivity contribution in [3.8, 4) is 0 Å². The van der Waals surface area contributed by atoms with Gasteiger partial charge < -0.3 is 21.5 Å². The molecule has 5 N–H and O–H groups in total. The van der Waals surface area contributed by atoms with E-state index in [4.69, 9.17) is 27.8 Å². The van der Waals surface area contributed by atoms with Crippen LogP contribution in [0, 0.1) is 0 Å². The van der Waals surface area contributed by atoms with Crippen molar-refractivity contribution in [2.24, 2.45) is 11.5 Å². The van der Waals surface area contributed by atoms with E-state index in [9.17, 15) is 9.59 Å². The minimum atomic E-state index is -1.04. The van der Waals surface area contributed by atoms with E-state index in [1.54, 1.807) is 6.07 Å². The van der Waals surface area contributed by atoms with Crippen molar-refractivity contribution in [2.45, 2.75) is 12.0 Å². The number of nitrogens with one attached hydrogen (secondary N) is 1. The third-order valence-corrected chi connectivity index (χ3v) is 3.32. The topological polar surface area (TPSA) is 107 Å². The summed E-state index contributed by atoms with van der Waals surface area (Å²) in [5, 5.41) is 2.87. The molecule has 1 aromatic rings. The third kappa shape index (κ3) is 2.86. The van der Waals surface area contributed by atoms with Gasteiger partial charge in [0.1, 0.15) is 5.54 Å². The van der Waals surface area contributed by atoms with Crippen molar-refractivity contribution in [1.82, 2.24) is 0 Å². The first-order chi connectivity index (χ1) is 8.92. The summed E-state index contributed by atoms with van der Waals surface area (Å²) in [6.07, 6.45) is 0.453. The third-order valence-electron chi connectivity index (χ3n) is 2.99. The summed E-state index contributed by atoms with van der Waals surface area (Å²) in [5.74, 6) is -1.02. The summed E-state index contributed by atoms with van der Waals surface area (Å²) >= 11 is 5.82. The lowest BCUT2D eigenvalue weighted by Crippen LogP contribution is -2.51. The molecule has 0 bridgehead atoms. The van der Waals surface area contributed by atoms with Crippen molar-refractivity contribution in [3.05, 3.63) is 28.8 Å². The summed E-state index contributed by atoms with van der Waals surface area (Å²) < 4.78 is 5.12. The SMILES string of the molecule is NC(=O)c1cc(NC(=O)C2(N)CCOC2)ccc1Cl. The van der Waals surface area contributed by atoms with Gasteiger partial charge in [-0.2, -0.15) is 0 Å². The molecule has 1 aliphatic heterocycles. The maximum absolute atomic E-state index is 12.0. The van der Waals surface area contributed by atoms with Crippen LogP contribution in [0.25, 0.3) is 0 Å². The van der Waals surface area contributed by atoms with E-state index in [-0.39, 0.29) is 23.1 Å². The fourth-order valence-corrected chi connectivity index (χ4v) is 2.02. The Labute approximate surface area is 115 Å². The fraction of sp³-hybridized carbons (Fsp3) is 0.333. The highest BCUT2D eigenvalue weighted by molar-refractivity contribution is 6.34. The average molecular weight is 284 g/mol. The van der Waals surface area contributed by atoms with Gasteiger partial charge in [-0.1, -0.05) is 11.6 Å². The number of nitrogens with two attached hydrogens (primary N) is 2. The molecule has 0 aliphatic carbocycles. The zero-order chi connectivity index (χ0) is 14.0. The van der Waals surface area contributed by atoms with Gasteiger partial charge in [0, 0.05) is 12.3 Å². The van der Waals surface area contributed by atoms with Gasteiger partial charge in [-0.3, -0.25) is 9.59 Å². The highest BCUT2D eigenvalue weighted by Gasteiger charge is 2.38. The largest absolute Gasteiger partial charge is 0.379 e. The second-order valence-electron chi connectivity index (χ2n) is 4.47. The van der Waals surface area contributed by atoms with Gasteiger partial charge in [-0.25, -0.2) is 0 Å². The minimum Gasteiger partial charge on any atom is -0.379 e. The first-order valence-corrected chi connectivity index (χ1v) is 6.08. The van der Waals surface area contributed by atoms with Crippen molar-refractivity contribution in [3.63, 3.8) is 0 Å². The number of primary amides is 1. The quantitative estimate of drug-likeness (QED) is 0.750. The molecule has 7 heteroatoms. The van der Waals surface area contributed by atoms with E-state index in [0.29, 0.717) is 18.7 Å². The van der Waals surface area contributed by atoms with Gasteiger partial charge in [-0.05, 0) is 24.6 Å². The highest BCUT2D eigenvalue weighted by atomic mass is 35.5. The molecule has 19 heavy (non-hydrogen) atoms. The molecule has 1 fully saturated rings. The summed E-state index contributed by atoms with van der Waals surface area (Å²) in [6.45, 7) is 0.631. The molecule has 0 saturated carbocycles. The minimum absolute atomic E-state index is 0.146. The number of carbonyl (C=O) groups excluding carboxylic acids is 2. The van der Waals surface area contributed by atoms with Gasteiger partial charge in [0.2, 0.25) is 11.8 Å². The van der Waals surface area contributed by atoms with Crippen LogP contribution in [0.5, 0.6) is 0 Å². The second kappa shape index (κ2) is 5.16. The number of halogens is 1. The Hall–Kier alpha value is -1.63. The molecule has 0 radical (unpaired) electrons. The normalized spacial score (nSPS) is 22.2.